The minimum absolute atomic E-state index is 0.0848. The van der Waals surface area contributed by atoms with E-state index in [2.05, 4.69) is 20.5 Å². The third-order valence-electron chi connectivity index (χ3n) is 6.23. The number of fused-ring (bicyclic) bond motifs is 1. The van der Waals surface area contributed by atoms with Crippen LogP contribution in [-0.2, 0) is 32.6 Å². The number of morpholine rings is 1. The molecule has 2 aromatic carbocycles. The van der Waals surface area contributed by atoms with Crippen molar-refractivity contribution < 1.29 is 22.7 Å². The number of anilines is 1. The molecular weight excluding hydrogens is 526 g/mol. The lowest BCUT2D eigenvalue weighted by molar-refractivity contribution is -0.126. The molecule has 1 aliphatic heterocycles. The quantitative estimate of drug-likeness (QED) is 0.290. The molecule has 38 heavy (non-hydrogen) atoms. The van der Waals surface area contributed by atoms with Gasteiger partial charge in [-0.1, -0.05) is 30.3 Å². The second-order valence-corrected chi connectivity index (χ2v) is 12.1. The van der Waals surface area contributed by atoms with Gasteiger partial charge in [-0.05, 0) is 42.3 Å². The number of ether oxygens (including phenoxy) is 2. The van der Waals surface area contributed by atoms with Gasteiger partial charge in [0.15, 0.2) is 5.82 Å². The number of benzene rings is 2. The number of hydrogen-bond acceptors (Lipinski definition) is 8. The topological polar surface area (TPSA) is 124 Å². The molecule has 0 spiro atoms. The summed E-state index contributed by atoms with van der Waals surface area (Å²) in [4.78, 5) is 13.2. The average molecular weight is 556 g/mol. The molecule has 1 saturated heterocycles. The number of thiophene rings is 1. The van der Waals surface area contributed by atoms with Crippen LogP contribution in [0.2, 0.25) is 0 Å². The first-order chi connectivity index (χ1) is 18.3. The van der Waals surface area contributed by atoms with E-state index in [1.54, 1.807) is 30.0 Å². The highest BCUT2D eigenvalue weighted by atomic mass is 32.2. The number of methoxy groups -OCH3 is 1. The Hall–Kier alpha value is -3.45. The van der Waals surface area contributed by atoms with Crippen LogP contribution in [0.25, 0.3) is 10.9 Å². The van der Waals surface area contributed by atoms with Gasteiger partial charge in [-0.25, -0.2) is 8.42 Å². The summed E-state index contributed by atoms with van der Waals surface area (Å²) in [6.45, 7) is 4.34. The summed E-state index contributed by atoms with van der Waals surface area (Å²) in [5, 5.41) is 11.3. The minimum Gasteiger partial charge on any atom is -0.496 e. The molecule has 0 unspecified atom stereocenters. The van der Waals surface area contributed by atoms with E-state index in [4.69, 9.17) is 9.47 Å². The van der Waals surface area contributed by atoms with E-state index in [9.17, 15) is 13.2 Å². The lowest BCUT2D eigenvalue weighted by Crippen LogP contribution is -2.51. The zero-order valence-corrected chi connectivity index (χ0v) is 22.7. The number of carbonyl (C=O) groups is 1. The zero-order valence-electron chi connectivity index (χ0n) is 21.1. The Morgan fingerprint density at radius 3 is 2.66 bits per heavy atom. The number of nitrogens with zero attached hydrogens (tertiary/aromatic N) is 2. The van der Waals surface area contributed by atoms with Gasteiger partial charge in [0.05, 0.1) is 37.8 Å². The fourth-order valence-corrected chi connectivity index (χ4v) is 6.57. The number of aryl methyl sites for hydroxylation is 1. The molecule has 2 aromatic heterocycles. The highest BCUT2D eigenvalue weighted by Gasteiger charge is 2.23. The third kappa shape index (κ3) is 5.68. The molecule has 4 aromatic rings. The van der Waals surface area contributed by atoms with Crippen LogP contribution < -0.4 is 20.1 Å². The Bertz CT molecular complexity index is 1540. The first kappa shape index (κ1) is 26.2. The van der Waals surface area contributed by atoms with E-state index >= 15 is 0 Å². The summed E-state index contributed by atoms with van der Waals surface area (Å²) < 4.78 is 41.6. The Labute approximate surface area is 225 Å². The second-order valence-electron chi connectivity index (χ2n) is 8.95. The monoisotopic (exact) mass is 555 g/mol. The standard InChI is InChI=1S/C26H29N5O5S2/c1-17-6-11-23(37-17)38(33,34)30-25-24-21(4-3-5-22(24)35-2)31(29-25)15-19-9-7-18(8-10-19)14-28-26(32)20-16-36-13-12-27-20/h3-11,20,27H,12-16H2,1-2H3,(H,28,32)(H,29,30)/t20-/m1/s1. The van der Waals surface area contributed by atoms with Gasteiger partial charge >= 0.3 is 0 Å². The molecule has 10 nitrogen and oxygen atoms in total. The van der Waals surface area contributed by atoms with Gasteiger partial charge in [0.25, 0.3) is 10.0 Å². The van der Waals surface area contributed by atoms with Crippen molar-refractivity contribution in [3.05, 3.63) is 70.6 Å². The summed E-state index contributed by atoms with van der Waals surface area (Å²) in [5.74, 6) is 0.652. The highest BCUT2D eigenvalue weighted by Crippen LogP contribution is 2.34. The maximum absolute atomic E-state index is 13.0. The molecule has 200 valence electrons. The van der Waals surface area contributed by atoms with E-state index in [1.165, 1.54) is 11.3 Å². The second kappa shape index (κ2) is 11.1. The molecule has 1 atom stereocenters. The summed E-state index contributed by atoms with van der Waals surface area (Å²) in [5.41, 5.74) is 2.67. The van der Waals surface area contributed by atoms with E-state index in [0.717, 1.165) is 21.5 Å². The molecule has 0 saturated carbocycles. The van der Waals surface area contributed by atoms with Crippen molar-refractivity contribution in [1.82, 2.24) is 20.4 Å². The molecule has 0 bridgehead atoms. The van der Waals surface area contributed by atoms with Crippen LogP contribution in [0, 0.1) is 6.92 Å². The SMILES string of the molecule is COc1cccc2c1c(NS(=O)(=O)c1ccc(C)s1)nn2Cc1ccc(CNC(=O)[C@H]2COCCN2)cc1. The summed E-state index contributed by atoms with van der Waals surface area (Å²) in [6, 6.07) is 16.4. The Kier molecular flexibility index (Phi) is 7.65. The number of amides is 1. The zero-order chi connectivity index (χ0) is 26.7. The smallest absolute Gasteiger partial charge is 0.272 e. The van der Waals surface area contributed by atoms with E-state index < -0.39 is 10.0 Å². The van der Waals surface area contributed by atoms with Crippen molar-refractivity contribution in [2.24, 2.45) is 0 Å². The largest absolute Gasteiger partial charge is 0.496 e. The van der Waals surface area contributed by atoms with Crippen molar-refractivity contribution in [3.8, 4) is 5.75 Å². The molecular formula is C26H29N5O5S2. The predicted molar refractivity (Wildman–Crippen MR) is 146 cm³/mol. The van der Waals surface area contributed by atoms with Crippen LogP contribution >= 0.6 is 11.3 Å². The summed E-state index contributed by atoms with van der Waals surface area (Å²) in [6.07, 6.45) is 0. The summed E-state index contributed by atoms with van der Waals surface area (Å²) >= 11 is 1.20. The molecule has 0 radical (unpaired) electrons. The molecule has 3 heterocycles. The fraction of sp³-hybridized carbons (Fsp3) is 0.308. The average Bonchev–Trinajstić information content (AvgIpc) is 3.52. The van der Waals surface area contributed by atoms with Gasteiger partial charge in [0, 0.05) is 18.0 Å². The number of sulfonamides is 1. The maximum Gasteiger partial charge on any atom is 0.272 e. The molecule has 1 aliphatic rings. The van der Waals surface area contributed by atoms with E-state index in [-0.39, 0.29) is 22.0 Å². The van der Waals surface area contributed by atoms with Crippen LogP contribution in [-0.4, -0.2) is 57.0 Å². The van der Waals surface area contributed by atoms with Crippen LogP contribution in [0.4, 0.5) is 5.82 Å². The molecule has 5 rings (SSSR count). The normalized spacial score (nSPS) is 15.9. The number of nitrogens with one attached hydrogen (secondary N) is 3. The number of rotatable bonds is 9. The van der Waals surface area contributed by atoms with Gasteiger partial charge < -0.3 is 20.1 Å². The van der Waals surface area contributed by atoms with E-state index in [0.29, 0.717) is 44.0 Å². The van der Waals surface area contributed by atoms with Crippen LogP contribution in [0.15, 0.2) is 58.8 Å². The van der Waals surface area contributed by atoms with Crippen molar-refractivity contribution in [3.63, 3.8) is 0 Å². The van der Waals surface area contributed by atoms with Gasteiger partial charge in [-0.2, -0.15) is 5.10 Å². The number of carbonyl (C=O) groups excluding carboxylic acids is 1. The highest BCUT2D eigenvalue weighted by molar-refractivity contribution is 7.94. The fourth-order valence-electron chi connectivity index (χ4n) is 4.28. The van der Waals surface area contributed by atoms with Gasteiger partial charge in [0.1, 0.15) is 16.0 Å². The van der Waals surface area contributed by atoms with Crippen LogP contribution in [0.5, 0.6) is 5.75 Å². The number of hydrogen-bond donors (Lipinski definition) is 3. The molecule has 3 N–H and O–H groups in total. The number of aromatic nitrogens is 2. The van der Waals surface area contributed by atoms with Crippen LogP contribution in [0.3, 0.4) is 0 Å². The van der Waals surface area contributed by atoms with Crippen molar-refractivity contribution in [1.29, 1.82) is 0 Å². The minimum atomic E-state index is -3.81. The van der Waals surface area contributed by atoms with Gasteiger partial charge in [-0.15, -0.1) is 11.3 Å². The predicted octanol–water partition coefficient (Wildman–Crippen LogP) is 2.87. The first-order valence-electron chi connectivity index (χ1n) is 12.1. The first-order valence-corrected chi connectivity index (χ1v) is 14.4. The molecule has 0 aliphatic carbocycles. The lowest BCUT2D eigenvalue weighted by Gasteiger charge is -2.22. The van der Waals surface area contributed by atoms with Crippen molar-refractivity contribution in [2.75, 3.05) is 31.6 Å². The van der Waals surface area contributed by atoms with Crippen molar-refractivity contribution >= 4 is 44.0 Å². The van der Waals surface area contributed by atoms with Crippen molar-refractivity contribution in [2.45, 2.75) is 30.3 Å². The summed E-state index contributed by atoms with van der Waals surface area (Å²) in [7, 11) is -2.26. The molecule has 12 heteroatoms. The van der Waals surface area contributed by atoms with Gasteiger partial charge in [0.2, 0.25) is 5.91 Å². The van der Waals surface area contributed by atoms with Crippen LogP contribution in [0.1, 0.15) is 16.0 Å². The third-order valence-corrected chi connectivity index (χ3v) is 9.06. The Balaban J connectivity index is 1.34. The lowest BCUT2D eigenvalue weighted by atomic mass is 10.1. The van der Waals surface area contributed by atoms with E-state index in [1.807, 2.05) is 43.3 Å². The Morgan fingerprint density at radius 2 is 1.97 bits per heavy atom. The maximum atomic E-state index is 13.0. The van der Waals surface area contributed by atoms with Gasteiger partial charge in [-0.3, -0.25) is 14.2 Å². The molecule has 1 amide bonds. The molecule has 1 fully saturated rings. The Morgan fingerprint density at radius 1 is 1.18 bits per heavy atom.